The topological polar surface area (TPSA) is 37.3 Å². The molecule has 0 aromatic carbocycles. The first-order valence-electron chi connectivity index (χ1n) is 11.9. The maximum absolute atomic E-state index is 10.9. The van der Waals surface area contributed by atoms with E-state index in [0.717, 1.165) is 12.8 Å². The molecule has 0 heterocycles. The molecule has 0 aromatic heterocycles. The summed E-state index contributed by atoms with van der Waals surface area (Å²) in [6, 6.07) is 0. The van der Waals surface area contributed by atoms with Crippen molar-refractivity contribution in [3.63, 3.8) is 0 Å². The van der Waals surface area contributed by atoms with Gasteiger partial charge in [-0.1, -0.05) is 129 Å². The number of carbonyl (C=O) groups excluding carboxylic acids is 1. The maximum Gasteiger partial charge on any atom is 0.158 e. The van der Waals surface area contributed by atoms with E-state index < -0.39 is 6.10 Å². The van der Waals surface area contributed by atoms with E-state index in [1.54, 1.807) is 0 Å². The summed E-state index contributed by atoms with van der Waals surface area (Å²) in [5.74, 6) is -0.0904. The van der Waals surface area contributed by atoms with Gasteiger partial charge in [0.15, 0.2) is 5.78 Å². The largest absolute Gasteiger partial charge is 0.385 e. The van der Waals surface area contributed by atoms with Gasteiger partial charge < -0.3 is 5.11 Å². The summed E-state index contributed by atoms with van der Waals surface area (Å²) in [4.78, 5) is 10.9. The zero-order chi connectivity index (χ0) is 19.3. The highest BCUT2D eigenvalue weighted by Gasteiger charge is 2.07. The minimum atomic E-state index is -0.721. The van der Waals surface area contributed by atoms with Crippen molar-refractivity contribution < 1.29 is 9.90 Å². The van der Waals surface area contributed by atoms with Gasteiger partial charge in [0.25, 0.3) is 0 Å². The van der Waals surface area contributed by atoms with Crippen molar-refractivity contribution in [2.45, 2.75) is 148 Å². The van der Waals surface area contributed by atoms with Crippen molar-refractivity contribution in [1.82, 2.24) is 0 Å². The third-order valence-electron chi connectivity index (χ3n) is 5.55. The zero-order valence-electron chi connectivity index (χ0n) is 18.1. The van der Waals surface area contributed by atoms with Gasteiger partial charge in [0.2, 0.25) is 0 Å². The lowest BCUT2D eigenvalue weighted by molar-refractivity contribution is -0.125. The SMILES string of the molecule is CCCCCCCCCCCCCCCCCCCCCC(O)C(C)=O. The first-order valence-corrected chi connectivity index (χ1v) is 11.9. The average Bonchev–Trinajstić information content (AvgIpc) is 2.63. The molecule has 2 nitrogen and oxygen atoms in total. The molecule has 26 heavy (non-hydrogen) atoms. The van der Waals surface area contributed by atoms with Crippen LogP contribution in [-0.4, -0.2) is 17.0 Å². The number of unbranched alkanes of at least 4 members (excludes halogenated alkanes) is 18. The lowest BCUT2D eigenvalue weighted by Crippen LogP contribution is -2.16. The number of Topliss-reactive ketones (excluding diaryl/α,β-unsaturated/α-hetero) is 1. The number of hydrogen-bond acceptors (Lipinski definition) is 2. The van der Waals surface area contributed by atoms with Crippen LogP contribution < -0.4 is 0 Å². The monoisotopic (exact) mass is 368 g/mol. The van der Waals surface area contributed by atoms with Crippen molar-refractivity contribution in [2.75, 3.05) is 0 Å². The molecule has 0 saturated heterocycles. The molecule has 0 spiro atoms. The average molecular weight is 369 g/mol. The third kappa shape index (κ3) is 19.9. The lowest BCUT2D eigenvalue weighted by Gasteiger charge is -2.06. The lowest BCUT2D eigenvalue weighted by atomic mass is 10.0. The predicted molar refractivity (Wildman–Crippen MR) is 115 cm³/mol. The van der Waals surface area contributed by atoms with Gasteiger partial charge in [-0.2, -0.15) is 0 Å². The van der Waals surface area contributed by atoms with Gasteiger partial charge in [-0.05, 0) is 13.3 Å². The van der Waals surface area contributed by atoms with E-state index in [4.69, 9.17) is 0 Å². The van der Waals surface area contributed by atoms with Crippen molar-refractivity contribution in [3.8, 4) is 0 Å². The first kappa shape index (κ1) is 25.6. The van der Waals surface area contributed by atoms with E-state index in [9.17, 15) is 9.90 Å². The van der Waals surface area contributed by atoms with Crippen molar-refractivity contribution >= 4 is 5.78 Å². The van der Waals surface area contributed by atoms with Crippen LogP contribution in [-0.2, 0) is 4.79 Å². The molecule has 0 saturated carbocycles. The fraction of sp³-hybridized carbons (Fsp3) is 0.958. The maximum atomic E-state index is 10.9. The van der Waals surface area contributed by atoms with Gasteiger partial charge >= 0.3 is 0 Å². The fourth-order valence-electron chi connectivity index (χ4n) is 3.62. The molecular weight excluding hydrogens is 320 g/mol. The molecule has 2 heteroatoms. The van der Waals surface area contributed by atoms with E-state index >= 15 is 0 Å². The number of ketones is 1. The number of aliphatic hydroxyl groups is 1. The summed E-state index contributed by atoms with van der Waals surface area (Å²) in [6.07, 6.45) is 26.0. The van der Waals surface area contributed by atoms with Crippen LogP contribution in [0.15, 0.2) is 0 Å². The Morgan fingerprint density at radius 1 is 0.577 bits per heavy atom. The van der Waals surface area contributed by atoms with Crippen LogP contribution in [0, 0.1) is 0 Å². The van der Waals surface area contributed by atoms with E-state index in [-0.39, 0.29) is 5.78 Å². The summed E-state index contributed by atoms with van der Waals surface area (Å²) >= 11 is 0. The second kappa shape index (κ2) is 20.9. The van der Waals surface area contributed by atoms with Crippen LogP contribution in [0.2, 0.25) is 0 Å². The van der Waals surface area contributed by atoms with Gasteiger partial charge in [-0.15, -0.1) is 0 Å². The smallest absolute Gasteiger partial charge is 0.158 e. The number of rotatable bonds is 21. The predicted octanol–water partition coefficient (Wildman–Crippen LogP) is 7.76. The second-order valence-electron chi connectivity index (χ2n) is 8.28. The summed E-state index contributed by atoms with van der Waals surface area (Å²) in [5, 5.41) is 9.42. The molecule has 156 valence electrons. The van der Waals surface area contributed by atoms with Crippen LogP contribution in [0.25, 0.3) is 0 Å². The molecule has 0 aliphatic rings. The normalized spacial score (nSPS) is 12.4. The molecule has 0 fully saturated rings. The highest BCUT2D eigenvalue weighted by Crippen LogP contribution is 2.15. The summed E-state index contributed by atoms with van der Waals surface area (Å²) in [7, 11) is 0. The second-order valence-corrected chi connectivity index (χ2v) is 8.28. The Balaban J connectivity index is 3.04. The van der Waals surface area contributed by atoms with Gasteiger partial charge in [0, 0.05) is 0 Å². The molecule has 1 unspecified atom stereocenters. The van der Waals surface area contributed by atoms with Crippen molar-refractivity contribution in [3.05, 3.63) is 0 Å². The third-order valence-corrected chi connectivity index (χ3v) is 5.55. The molecule has 0 aliphatic heterocycles. The van der Waals surface area contributed by atoms with Crippen LogP contribution in [0.5, 0.6) is 0 Å². The molecule has 1 atom stereocenters. The number of aliphatic hydroxyl groups excluding tert-OH is 1. The van der Waals surface area contributed by atoms with Crippen LogP contribution in [0.3, 0.4) is 0 Å². The molecule has 0 aliphatic carbocycles. The van der Waals surface area contributed by atoms with Gasteiger partial charge in [0.1, 0.15) is 6.10 Å². The molecular formula is C24H48O2. The summed E-state index contributed by atoms with van der Waals surface area (Å²) in [5.41, 5.74) is 0. The highest BCUT2D eigenvalue weighted by atomic mass is 16.3. The van der Waals surface area contributed by atoms with E-state index in [0.29, 0.717) is 6.42 Å². The fourth-order valence-corrected chi connectivity index (χ4v) is 3.62. The van der Waals surface area contributed by atoms with Crippen LogP contribution >= 0.6 is 0 Å². The molecule has 0 radical (unpaired) electrons. The molecule has 0 rings (SSSR count). The standard InChI is InChI=1S/C24H48O2/c1-3-4-5-6-7-8-9-10-11-12-13-14-15-16-17-18-19-20-21-22-24(26)23(2)25/h24,26H,3-22H2,1-2H3. The minimum absolute atomic E-state index is 0.0904. The Morgan fingerprint density at radius 2 is 0.846 bits per heavy atom. The summed E-state index contributed by atoms with van der Waals surface area (Å²) in [6.45, 7) is 3.76. The zero-order valence-corrected chi connectivity index (χ0v) is 18.1. The van der Waals surface area contributed by atoms with Crippen LogP contribution in [0.1, 0.15) is 142 Å². The number of carbonyl (C=O) groups is 1. The van der Waals surface area contributed by atoms with E-state index in [1.165, 1.54) is 116 Å². The molecule has 1 N–H and O–H groups in total. The molecule has 0 bridgehead atoms. The van der Waals surface area contributed by atoms with Crippen molar-refractivity contribution in [1.29, 1.82) is 0 Å². The quantitative estimate of drug-likeness (QED) is 0.210. The molecule has 0 amide bonds. The number of hydrogen-bond donors (Lipinski definition) is 1. The van der Waals surface area contributed by atoms with E-state index in [2.05, 4.69) is 6.92 Å². The highest BCUT2D eigenvalue weighted by molar-refractivity contribution is 5.79. The van der Waals surface area contributed by atoms with Crippen molar-refractivity contribution in [2.24, 2.45) is 0 Å². The van der Waals surface area contributed by atoms with Crippen LogP contribution in [0.4, 0.5) is 0 Å². The van der Waals surface area contributed by atoms with Gasteiger partial charge in [0.05, 0.1) is 0 Å². The van der Waals surface area contributed by atoms with Gasteiger partial charge in [-0.3, -0.25) is 4.79 Å². The molecule has 0 aromatic rings. The Hall–Kier alpha value is -0.370. The van der Waals surface area contributed by atoms with E-state index in [1.807, 2.05) is 0 Å². The van der Waals surface area contributed by atoms with Gasteiger partial charge in [-0.25, -0.2) is 0 Å². The summed E-state index contributed by atoms with van der Waals surface area (Å²) < 4.78 is 0. The Kier molecular flexibility index (Phi) is 20.6. The Morgan fingerprint density at radius 3 is 1.12 bits per heavy atom. The Bertz CT molecular complexity index is 288. The first-order chi connectivity index (χ1) is 12.7. The Labute approximate surface area is 164 Å². The minimum Gasteiger partial charge on any atom is -0.385 e.